The average Bonchev–Trinajstić information content (AvgIpc) is 2.83. The molecule has 1 aliphatic rings. The number of anilines is 3. The standard InChI is InChI=1S/C12H22N6/c1-3-12(4-2)5-6-18(8-12)10-7-9(17-14)15-11(13)16-10/h7H,3-6,8,14H2,1-2H3,(H3,13,15,16,17). The smallest absolute Gasteiger partial charge is 0.223 e. The normalized spacial score (nSPS) is 18.1. The number of rotatable bonds is 4. The van der Waals surface area contributed by atoms with Crippen molar-refractivity contribution in [3.05, 3.63) is 6.07 Å². The highest BCUT2D eigenvalue weighted by molar-refractivity contribution is 5.52. The molecule has 6 heteroatoms. The van der Waals surface area contributed by atoms with Gasteiger partial charge in [-0.1, -0.05) is 13.8 Å². The van der Waals surface area contributed by atoms with Gasteiger partial charge in [0.2, 0.25) is 5.95 Å². The van der Waals surface area contributed by atoms with Crippen LogP contribution in [0.3, 0.4) is 0 Å². The van der Waals surface area contributed by atoms with Gasteiger partial charge >= 0.3 is 0 Å². The predicted octanol–water partition coefficient (Wildman–Crippen LogP) is 1.36. The molecule has 0 spiro atoms. The minimum Gasteiger partial charge on any atom is -0.368 e. The van der Waals surface area contributed by atoms with Gasteiger partial charge in [-0.25, -0.2) is 5.84 Å². The lowest BCUT2D eigenvalue weighted by atomic mass is 9.82. The number of hydrogen-bond donors (Lipinski definition) is 3. The third kappa shape index (κ3) is 2.33. The Kier molecular flexibility index (Phi) is 3.56. The Hall–Kier alpha value is -1.56. The van der Waals surface area contributed by atoms with Crippen LogP contribution in [0.25, 0.3) is 0 Å². The number of hydrazine groups is 1. The minimum absolute atomic E-state index is 0.256. The van der Waals surface area contributed by atoms with Crippen molar-refractivity contribution in [2.24, 2.45) is 11.3 Å². The lowest BCUT2D eigenvalue weighted by Crippen LogP contribution is -2.27. The van der Waals surface area contributed by atoms with Gasteiger partial charge in [-0.05, 0) is 24.7 Å². The zero-order valence-electron chi connectivity index (χ0n) is 11.1. The summed E-state index contributed by atoms with van der Waals surface area (Å²) in [5, 5.41) is 0. The summed E-state index contributed by atoms with van der Waals surface area (Å²) in [5.74, 6) is 7.05. The Morgan fingerprint density at radius 3 is 2.67 bits per heavy atom. The first-order valence-electron chi connectivity index (χ1n) is 6.48. The fourth-order valence-corrected chi connectivity index (χ4v) is 2.65. The summed E-state index contributed by atoms with van der Waals surface area (Å²) in [5.41, 5.74) is 8.63. The van der Waals surface area contributed by atoms with Crippen molar-refractivity contribution in [3.63, 3.8) is 0 Å². The summed E-state index contributed by atoms with van der Waals surface area (Å²) < 4.78 is 0. The van der Waals surface area contributed by atoms with E-state index >= 15 is 0 Å². The van der Waals surface area contributed by atoms with Crippen LogP contribution >= 0.6 is 0 Å². The summed E-state index contributed by atoms with van der Waals surface area (Å²) in [6.07, 6.45) is 3.60. The molecule has 0 amide bonds. The fraction of sp³-hybridized carbons (Fsp3) is 0.667. The average molecular weight is 250 g/mol. The van der Waals surface area contributed by atoms with Crippen LogP contribution in [0.5, 0.6) is 0 Å². The molecule has 0 saturated carbocycles. The molecule has 5 N–H and O–H groups in total. The third-order valence-corrected chi connectivity index (χ3v) is 4.14. The highest BCUT2D eigenvalue weighted by atomic mass is 15.3. The number of nitrogens with zero attached hydrogens (tertiary/aromatic N) is 3. The van der Waals surface area contributed by atoms with Crippen molar-refractivity contribution in [2.75, 3.05) is 29.1 Å². The van der Waals surface area contributed by atoms with Crippen LogP contribution in [0.1, 0.15) is 33.1 Å². The Morgan fingerprint density at radius 1 is 1.39 bits per heavy atom. The van der Waals surface area contributed by atoms with E-state index in [4.69, 9.17) is 11.6 Å². The Labute approximate surface area is 108 Å². The highest BCUT2D eigenvalue weighted by Gasteiger charge is 2.35. The zero-order chi connectivity index (χ0) is 13.2. The largest absolute Gasteiger partial charge is 0.368 e. The summed E-state index contributed by atoms with van der Waals surface area (Å²) >= 11 is 0. The maximum Gasteiger partial charge on any atom is 0.223 e. The van der Waals surface area contributed by atoms with Crippen LogP contribution in [0, 0.1) is 5.41 Å². The van der Waals surface area contributed by atoms with E-state index in [1.165, 1.54) is 19.3 Å². The second kappa shape index (κ2) is 4.97. The van der Waals surface area contributed by atoms with Crippen LogP contribution in [-0.2, 0) is 0 Å². The quantitative estimate of drug-likeness (QED) is 0.552. The molecule has 1 saturated heterocycles. The Morgan fingerprint density at radius 2 is 2.11 bits per heavy atom. The number of nitrogens with one attached hydrogen (secondary N) is 1. The molecule has 18 heavy (non-hydrogen) atoms. The lowest BCUT2D eigenvalue weighted by molar-refractivity contribution is 0.301. The highest BCUT2D eigenvalue weighted by Crippen LogP contribution is 2.38. The molecule has 2 rings (SSSR count). The summed E-state index contributed by atoms with van der Waals surface area (Å²) in [6, 6.07) is 1.84. The first-order valence-corrected chi connectivity index (χ1v) is 6.48. The van der Waals surface area contributed by atoms with Crippen molar-refractivity contribution < 1.29 is 0 Å². The second-order valence-electron chi connectivity index (χ2n) is 4.99. The van der Waals surface area contributed by atoms with E-state index < -0.39 is 0 Å². The molecule has 1 aliphatic heterocycles. The van der Waals surface area contributed by atoms with Gasteiger partial charge < -0.3 is 16.1 Å². The van der Waals surface area contributed by atoms with Crippen LogP contribution in [0.15, 0.2) is 6.07 Å². The molecule has 0 aromatic carbocycles. The molecule has 0 atom stereocenters. The van der Waals surface area contributed by atoms with Crippen LogP contribution in [-0.4, -0.2) is 23.1 Å². The predicted molar refractivity (Wildman–Crippen MR) is 74.1 cm³/mol. The van der Waals surface area contributed by atoms with Crippen molar-refractivity contribution in [2.45, 2.75) is 33.1 Å². The van der Waals surface area contributed by atoms with E-state index in [2.05, 4.69) is 34.1 Å². The van der Waals surface area contributed by atoms with Gasteiger partial charge in [0, 0.05) is 19.2 Å². The van der Waals surface area contributed by atoms with Gasteiger partial charge in [0.05, 0.1) is 0 Å². The van der Waals surface area contributed by atoms with Gasteiger partial charge in [-0.3, -0.25) is 0 Å². The van der Waals surface area contributed by atoms with E-state index in [1.807, 2.05) is 6.07 Å². The molecular weight excluding hydrogens is 228 g/mol. The topological polar surface area (TPSA) is 93.1 Å². The maximum absolute atomic E-state index is 5.69. The molecule has 1 fully saturated rings. The SMILES string of the molecule is CCC1(CC)CCN(c2cc(NN)nc(N)n2)C1. The Bertz CT molecular complexity index is 415. The van der Waals surface area contributed by atoms with Crippen molar-refractivity contribution in [1.29, 1.82) is 0 Å². The lowest BCUT2D eigenvalue weighted by Gasteiger charge is -2.26. The summed E-state index contributed by atoms with van der Waals surface area (Å²) in [7, 11) is 0. The van der Waals surface area contributed by atoms with E-state index in [1.54, 1.807) is 0 Å². The molecule has 100 valence electrons. The van der Waals surface area contributed by atoms with Crippen LogP contribution in [0.2, 0.25) is 0 Å². The van der Waals surface area contributed by atoms with E-state index in [9.17, 15) is 0 Å². The van der Waals surface area contributed by atoms with Gasteiger partial charge in [0.25, 0.3) is 0 Å². The van der Waals surface area contributed by atoms with Crippen LogP contribution in [0.4, 0.5) is 17.6 Å². The molecular formula is C12H22N6. The van der Waals surface area contributed by atoms with Gasteiger partial charge in [-0.2, -0.15) is 9.97 Å². The summed E-state index contributed by atoms with van der Waals surface area (Å²) in [4.78, 5) is 10.6. The van der Waals surface area contributed by atoms with E-state index in [0.717, 1.165) is 18.9 Å². The number of hydrogen-bond acceptors (Lipinski definition) is 6. The van der Waals surface area contributed by atoms with Gasteiger partial charge in [0.15, 0.2) is 0 Å². The third-order valence-electron chi connectivity index (χ3n) is 4.14. The van der Waals surface area contributed by atoms with Crippen molar-refractivity contribution >= 4 is 17.6 Å². The molecule has 6 nitrogen and oxygen atoms in total. The van der Waals surface area contributed by atoms with Crippen molar-refractivity contribution in [1.82, 2.24) is 9.97 Å². The fourth-order valence-electron chi connectivity index (χ4n) is 2.65. The molecule has 0 unspecified atom stereocenters. The van der Waals surface area contributed by atoms with E-state index in [0.29, 0.717) is 11.2 Å². The number of aromatic nitrogens is 2. The maximum atomic E-state index is 5.69. The second-order valence-corrected chi connectivity index (χ2v) is 4.99. The Balaban J connectivity index is 2.21. The summed E-state index contributed by atoms with van der Waals surface area (Å²) in [6.45, 7) is 6.56. The van der Waals surface area contributed by atoms with Crippen molar-refractivity contribution in [3.8, 4) is 0 Å². The number of nitrogen functional groups attached to an aromatic ring is 2. The first-order chi connectivity index (χ1) is 8.62. The monoisotopic (exact) mass is 250 g/mol. The number of nitrogens with two attached hydrogens (primary N) is 2. The van der Waals surface area contributed by atoms with Gasteiger partial charge in [0.1, 0.15) is 11.6 Å². The molecule has 0 bridgehead atoms. The van der Waals surface area contributed by atoms with Crippen LogP contribution < -0.4 is 21.9 Å². The minimum atomic E-state index is 0.256. The zero-order valence-corrected chi connectivity index (χ0v) is 11.1. The molecule has 2 heterocycles. The molecule has 0 radical (unpaired) electrons. The first kappa shape index (κ1) is 12.9. The van der Waals surface area contributed by atoms with Gasteiger partial charge in [-0.15, -0.1) is 0 Å². The molecule has 1 aromatic heterocycles. The molecule has 0 aliphatic carbocycles. The molecule has 1 aromatic rings. The van der Waals surface area contributed by atoms with E-state index in [-0.39, 0.29) is 5.95 Å².